The molecule has 0 radical (unpaired) electrons. The van der Waals surface area contributed by atoms with Crippen LogP contribution in [0.1, 0.15) is 5.56 Å². The van der Waals surface area contributed by atoms with Gasteiger partial charge in [0.2, 0.25) is 6.79 Å². The van der Waals surface area contributed by atoms with E-state index in [-0.39, 0.29) is 12.6 Å². The average Bonchev–Trinajstić information content (AvgIpc) is 2.87. The molecular weight excluding hydrogens is 313 g/mol. The summed E-state index contributed by atoms with van der Waals surface area (Å²) in [6.45, 7) is 0.784. The maximum absolute atomic E-state index is 13.2. The molecule has 1 N–H and O–H groups in total. The summed E-state index contributed by atoms with van der Waals surface area (Å²) >= 11 is 3.40. The van der Waals surface area contributed by atoms with Gasteiger partial charge in [-0.05, 0) is 35.9 Å². The normalized spacial score (nSPS) is 12.5. The third-order valence-electron chi connectivity index (χ3n) is 2.86. The van der Waals surface area contributed by atoms with E-state index in [1.54, 1.807) is 6.07 Å². The van der Waals surface area contributed by atoms with Crippen LogP contribution in [0.15, 0.2) is 40.9 Å². The van der Waals surface area contributed by atoms with Crippen LogP contribution in [0.4, 0.5) is 10.1 Å². The van der Waals surface area contributed by atoms with E-state index in [1.807, 2.05) is 18.2 Å². The lowest BCUT2D eigenvalue weighted by molar-refractivity contribution is 0.174. The SMILES string of the molecule is Fc1ccc(Br)c(CNc2ccc3c(c2)OCO3)c1. The summed E-state index contributed by atoms with van der Waals surface area (Å²) in [5.74, 6) is 1.23. The molecule has 1 aliphatic rings. The van der Waals surface area contributed by atoms with Gasteiger partial charge in [-0.3, -0.25) is 0 Å². The predicted molar refractivity (Wildman–Crippen MR) is 74.0 cm³/mol. The highest BCUT2D eigenvalue weighted by Crippen LogP contribution is 2.34. The van der Waals surface area contributed by atoms with Gasteiger partial charge in [-0.25, -0.2) is 4.39 Å². The van der Waals surface area contributed by atoms with E-state index in [0.717, 1.165) is 27.2 Å². The van der Waals surface area contributed by atoms with E-state index in [9.17, 15) is 4.39 Å². The quantitative estimate of drug-likeness (QED) is 0.928. The summed E-state index contributed by atoms with van der Waals surface area (Å²) in [5, 5.41) is 3.23. The Bertz CT molecular complexity index is 618. The van der Waals surface area contributed by atoms with Crippen molar-refractivity contribution in [3.63, 3.8) is 0 Å². The third-order valence-corrected chi connectivity index (χ3v) is 3.64. The van der Waals surface area contributed by atoms with Crippen molar-refractivity contribution in [1.29, 1.82) is 0 Å². The molecule has 0 fully saturated rings. The lowest BCUT2D eigenvalue weighted by Crippen LogP contribution is -2.00. The average molecular weight is 324 g/mol. The monoisotopic (exact) mass is 323 g/mol. The molecule has 1 heterocycles. The van der Waals surface area contributed by atoms with Gasteiger partial charge in [0.25, 0.3) is 0 Å². The summed E-state index contributed by atoms with van der Waals surface area (Å²) in [7, 11) is 0. The Morgan fingerprint density at radius 1 is 1.11 bits per heavy atom. The van der Waals surface area contributed by atoms with Gasteiger partial charge in [0.15, 0.2) is 11.5 Å². The minimum atomic E-state index is -0.245. The maximum Gasteiger partial charge on any atom is 0.231 e. The zero-order valence-electron chi connectivity index (χ0n) is 9.95. The molecular formula is C14H11BrFNO2. The molecule has 0 saturated carbocycles. The van der Waals surface area contributed by atoms with Crippen LogP contribution in [0.3, 0.4) is 0 Å². The summed E-state index contributed by atoms with van der Waals surface area (Å²) in [6.07, 6.45) is 0. The highest BCUT2D eigenvalue weighted by atomic mass is 79.9. The Balaban J connectivity index is 1.74. The lowest BCUT2D eigenvalue weighted by Gasteiger charge is -2.09. The van der Waals surface area contributed by atoms with Crippen molar-refractivity contribution in [3.05, 3.63) is 52.3 Å². The van der Waals surface area contributed by atoms with Crippen LogP contribution >= 0.6 is 15.9 Å². The molecule has 0 saturated heterocycles. The van der Waals surface area contributed by atoms with E-state index in [2.05, 4.69) is 21.2 Å². The van der Waals surface area contributed by atoms with Crippen LogP contribution in [0.2, 0.25) is 0 Å². The van der Waals surface area contributed by atoms with Gasteiger partial charge < -0.3 is 14.8 Å². The topological polar surface area (TPSA) is 30.5 Å². The number of nitrogens with one attached hydrogen (secondary N) is 1. The molecule has 3 rings (SSSR count). The van der Waals surface area contributed by atoms with Crippen molar-refractivity contribution in [2.24, 2.45) is 0 Å². The highest BCUT2D eigenvalue weighted by Gasteiger charge is 2.13. The Morgan fingerprint density at radius 3 is 2.84 bits per heavy atom. The van der Waals surface area contributed by atoms with Crippen LogP contribution in [-0.2, 0) is 6.54 Å². The molecule has 0 unspecified atom stereocenters. The van der Waals surface area contributed by atoms with Crippen molar-refractivity contribution >= 4 is 21.6 Å². The van der Waals surface area contributed by atoms with Gasteiger partial charge in [0.1, 0.15) is 5.82 Å². The number of hydrogen-bond acceptors (Lipinski definition) is 3. The van der Waals surface area contributed by atoms with Gasteiger partial charge in [0, 0.05) is 22.8 Å². The molecule has 0 aromatic heterocycles. The summed E-state index contributed by atoms with van der Waals surface area (Å²) in [6, 6.07) is 10.3. The number of benzene rings is 2. The maximum atomic E-state index is 13.2. The standard InChI is InChI=1S/C14H11BrFNO2/c15-12-3-1-10(16)5-9(12)7-17-11-2-4-13-14(6-11)19-8-18-13/h1-6,17H,7-8H2. The summed E-state index contributed by atoms with van der Waals surface area (Å²) < 4.78 is 24.6. The molecule has 0 bridgehead atoms. The molecule has 5 heteroatoms. The van der Waals surface area contributed by atoms with Crippen molar-refractivity contribution < 1.29 is 13.9 Å². The van der Waals surface area contributed by atoms with E-state index in [4.69, 9.17) is 9.47 Å². The first-order valence-corrected chi connectivity index (χ1v) is 6.59. The number of hydrogen-bond donors (Lipinski definition) is 1. The Morgan fingerprint density at radius 2 is 1.95 bits per heavy atom. The summed E-state index contributed by atoms with van der Waals surface area (Å²) in [4.78, 5) is 0. The Labute approximate surface area is 118 Å². The molecule has 0 aliphatic carbocycles. The molecule has 0 spiro atoms. The van der Waals surface area contributed by atoms with Gasteiger partial charge >= 0.3 is 0 Å². The second-order valence-electron chi connectivity index (χ2n) is 4.16. The summed E-state index contributed by atoms with van der Waals surface area (Å²) in [5.41, 5.74) is 1.76. The van der Waals surface area contributed by atoms with Crippen molar-refractivity contribution in [1.82, 2.24) is 0 Å². The van der Waals surface area contributed by atoms with E-state index < -0.39 is 0 Å². The van der Waals surface area contributed by atoms with Crippen LogP contribution < -0.4 is 14.8 Å². The molecule has 2 aromatic rings. The van der Waals surface area contributed by atoms with Crippen LogP contribution in [0.25, 0.3) is 0 Å². The Hall–Kier alpha value is -1.75. The fourth-order valence-corrected chi connectivity index (χ4v) is 2.27. The first-order chi connectivity index (χ1) is 9.22. The second-order valence-corrected chi connectivity index (χ2v) is 5.01. The minimum absolute atomic E-state index is 0.245. The largest absolute Gasteiger partial charge is 0.454 e. The zero-order valence-corrected chi connectivity index (χ0v) is 11.5. The van der Waals surface area contributed by atoms with Crippen LogP contribution in [0.5, 0.6) is 11.5 Å². The van der Waals surface area contributed by atoms with Gasteiger partial charge in [-0.15, -0.1) is 0 Å². The molecule has 3 nitrogen and oxygen atoms in total. The second kappa shape index (κ2) is 5.09. The van der Waals surface area contributed by atoms with Crippen LogP contribution in [0, 0.1) is 5.82 Å². The number of fused-ring (bicyclic) bond motifs is 1. The first kappa shape index (κ1) is 12.3. The molecule has 0 amide bonds. The first-order valence-electron chi connectivity index (χ1n) is 5.80. The smallest absolute Gasteiger partial charge is 0.231 e. The fraction of sp³-hybridized carbons (Fsp3) is 0.143. The van der Waals surface area contributed by atoms with Crippen molar-refractivity contribution in [3.8, 4) is 11.5 Å². The van der Waals surface area contributed by atoms with Crippen LogP contribution in [-0.4, -0.2) is 6.79 Å². The van der Waals surface area contributed by atoms with E-state index in [1.165, 1.54) is 12.1 Å². The van der Waals surface area contributed by atoms with E-state index >= 15 is 0 Å². The highest BCUT2D eigenvalue weighted by molar-refractivity contribution is 9.10. The number of halogens is 2. The lowest BCUT2D eigenvalue weighted by atomic mass is 10.2. The molecule has 98 valence electrons. The predicted octanol–water partition coefficient (Wildman–Crippen LogP) is 3.93. The molecule has 0 atom stereocenters. The van der Waals surface area contributed by atoms with Gasteiger partial charge in [-0.2, -0.15) is 0 Å². The van der Waals surface area contributed by atoms with Gasteiger partial charge in [0.05, 0.1) is 0 Å². The van der Waals surface area contributed by atoms with E-state index in [0.29, 0.717) is 6.54 Å². The zero-order chi connectivity index (χ0) is 13.2. The third kappa shape index (κ3) is 2.66. The number of anilines is 1. The fourth-order valence-electron chi connectivity index (χ4n) is 1.88. The van der Waals surface area contributed by atoms with Crippen molar-refractivity contribution in [2.75, 3.05) is 12.1 Å². The molecule has 19 heavy (non-hydrogen) atoms. The number of rotatable bonds is 3. The number of ether oxygens (including phenoxy) is 2. The Kier molecular flexibility index (Phi) is 3.29. The minimum Gasteiger partial charge on any atom is -0.454 e. The molecule has 1 aliphatic heterocycles. The molecule has 2 aromatic carbocycles. The van der Waals surface area contributed by atoms with Gasteiger partial charge in [-0.1, -0.05) is 15.9 Å². The van der Waals surface area contributed by atoms with Crippen molar-refractivity contribution in [2.45, 2.75) is 6.54 Å².